The van der Waals surface area contributed by atoms with Crippen LogP contribution in [0.3, 0.4) is 0 Å². The summed E-state index contributed by atoms with van der Waals surface area (Å²) in [5.74, 6) is -4.60. The van der Waals surface area contributed by atoms with E-state index in [-0.39, 0.29) is 0 Å². The molecule has 0 aliphatic carbocycles. The van der Waals surface area contributed by atoms with Gasteiger partial charge in [-0.3, -0.25) is 30.3 Å². The Morgan fingerprint density at radius 3 is 1.06 bits per heavy atom. The molecule has 0 N–H and O–H groups in total. The van der Waals surface area contributed by atoms with Gasteiger partial charge in [0.2, 0.25) is 0 Å². The second-order valence-electron chi connectivity index (χ2n) is 5.06. The molecule has 25 nitrogen and oxygen atoms in total. The molecule has 0 aromatic rings. The van der Waals surface area contributed by atoms with Gasteiger partial charge < -0.3 is 14.5 Å². The van der Waals surface area contributed by atoms with Crippen LogP contribution in [0, 0.1) is 70.8 Å². The van der Waals surface area contributed by atoms with E-state index in [0.29, 0.717) is 0 Å². The molecule has 0 saturated heterocycles. The first-order chi connectivity index (χ1) is 14.1. The fourth-order valence-electron chi connectivity index (χ4n) is 1.84. The summed E-state index contributed by atoms with van der Waals surface area (Å²) >= 11 is 0. The minimum absolute atomic E-state index is 0.863. The Balaban J connectivity index is 6.73. The van der Waals surface area contributed by atoms with Gasteiger partial charge in [0.05, 0.1) is 0 Å². The lowest BCUT2D eigenvalue weighted by Gasteiger charge is -2.34. The lowest BCUT2D eigenvalue weighted by atomic mass is 10.0. The van der Waals surface area contributed by atoms with Crippen molar-refractivity contribution in [3.05, 3.63) is 70.8 Å². The van der Waals surface area contributed by atoms with Crippen LogP contribution in [0.25, 0.3) is 0 Å². The second-order valence-corrected chi connectivity index (χ2v) is 5.06. The molecular weight excluding hydrogens is 456 g/mol. The average Bonchev–Trinajstić information content (AvgIpc) is 2.61. The molecule has 0 aromatic heterocycles. The Kier molecular flexibility index (Phi) is 8.36. The molecule has 25 heteroatoms. The highest BCUT2D eigenvalue weighted by Crippen LogP contribution is 2.24. The summed E-state index contributed by atoms with van der Waals surface area (Å²) in [6.45, 7) is -7.90. The number of hydrogen-bond donors (Lipinski definition) is 0. The van der Waals surface area contributed by atoms with E-state index in [1.807, 2.05) is 0 Å². The molecule has 0 aliphatic heterocycles. The molecular formula is C6H8N8O17. The SMILES string of the molecule is O=[N+]([O-])OCC(CO[N+](=O)[O-])(CO[N+](=O)[O-])N(CC([N+](=O)[O-])([N+](=O)[O-])[N+](=O)[O-])[N+](=O)[O-]. The highest BCUT2D eigenvalue weighted by Gasteiger charge is 2.75. The smallest absolute Gasteiger partial charge is 0.311 e. The van der Waals surface area contributed by atoms with Crippen molar-refractivity contribution in [3.63, 3.8) is 0 Å². The Morgan fingerprint density at radius 2 is 0.871 bits per heavy atom. The lowest BCUT2D eigenvalue weighted by molar-refractivity contribution is -0.974. The van der Waals surface area contributed by atoms with Gasteiger partial charge in [-0.05, 0) is 0 Å². The molecule has 0 rings (SSSR count). The molecule has 0 amide bonds. The normalized spacial score (nSPS) is 11.0. The molecule has 0 radical (unpaired) electrons. The van der Waals surface area contributed by atoms with Crippen molar-refractivity contribution < 1.29 is 49.6 Å². The van der Waals surface area contributed by atoms with Crippen LogP contribution in [0.4, 0.5) is 0 Å². The molecule has 0 unspecified atom stereocenters. The Bertz CT molecular complexity index is 699. The largest absolute Gasteiger partial charge is 0.723 e. The van der Waals surface area contributed by atoms with Crippen LogP contribution in [-0.4, -0.2) is 77.8 Å². The number of nitrogens with zero attached hydrogens (tertiary/aromatic N) is 8. The van der Waals surface area contributed by atoms with E-state index < -0.39 is 77.8 Å². The van der Waals surface area contributed by atoms with Crippen molar-refractivity contribution in [2.24, 2.45) is 0 Å². The summed E-state index contributed by atoms with van der Waals surface area (Å²) in [5, 5.41) is 68.1. The Morgan fingerprint density at radius 1 is 0.581 bits per heavy atom. The summed E-state index contributed by atoms with van der Waals surface area (Å²) in [5.41, 5.74) is -3.27. The van der Waals surface area contributed by atoms with Gasteiger partial charge in [0.1, 0.15) is 19.8 Å². The molecule has 0 aliphatic rings. The van der Waals surface area contributed by atoms with Crippen molar-refractivity contribution in [3.8, 4) is 0 Å². The summed E-state index contributed by atoms with van der Waals surface area (Å²) < 4.78 is 0. The third-order valence-corrected chi connectivity index (χ3v) is 3.30. The molecule has 0 saturated carbocycles. The Labute approximate surface area is 164 Å². The first-order valence-corrected chi connectivity index (χ1v) is 6.79. The van der Waals surface area contributed by atoms with E-state index in [1.54, 1.807) is 0 Å². The fraction of sp³-hybridized carbons (Fsp3) is 1.00. The zero-order valence-corrected chi connectivity index (χ0v) is 14.3. The highest BCUT2D eigenvalue weighted by molar-refractivity contribution is 4.88. The summed E-state index contributed by atoms with van der Waals surface area (Å²) in [6, 6.07) is 0. The maximum atomic E-state index is 11.4. The van der Waals surface area contributed by atoms with Crippen molar-refractivity contribution in [2.45, 2.75) is 11.3 Å². The minimum Gasteiger partial charge on any atom is -0.311 e. The predicted molar refractivity (Wildman–Crippen MR) is 79.0 cm³/mol. The molecule has 174 valence electrons. The number of hydrogen-bond acceptors (Lipinski definition) is 17. The first-order valence-electron chi connectivity index (χ1n) is 6.79. The molecule has 0 fully saturated rings. The Hall–Kier alpha value is -5.00. The van der Waals surface area contributed by atoms with Crippen LogP contribution in [0.2, 0.25) is 0 Å². The summed E-state index contributed by atoms with van der Waals surface area (Å²) in [4.78, 5) is 80.6. The van der Waals surface area contributed by atoms with Crippen LogP contribution in [0.5, 0.6) is 0 Å². The first kappa shape index (κ1) is 26.0. The van der Waals surface area contributed by atoms with Crippen molar-refractivity contribution in [1.82, 2.24) is 5.01 Å². The van der Waals surface area contributed by atoms with Gasteiger partial charge in [0.25, 0.3) is 21.8 Å². The van der Waals surface area contributed by atoms with Gasteiger partial charge in [0, 0.05) is 0 Å². The zero-order valence-electron chi connectivity index (χ0n) is 14.3. The number of nitro groups is 4. The molecule has 0 heterocycles. The van der Waals surface area contributed by atoms with E-state index in [9.17, 15) is 70.8 Å². The second kappa shape index (κ2) is 9.97. The van der Waals surface area contributed by atoms with Gasteiger partial charge in [-0.25, -0.2) is 10.1 Å². The van der Waals surface area contributed by atoms with E-state index >= 15 is 0 Å². The topological polar surface area (TPSA) is 333 Å². The maximum absolute atomic E-state index is 11.4. The predicted octanol–water partition coefficient (Wildman–Crippen LogP) is -2.67. The van der Waals surface area contributed by atoms with Gasteiger partial charge in [-0.2, -0.15) is 0 Å². The molecule has 0 bridgehead atoms. The fourth-order valence-corrected chi connectivity index (χ4v) is 1.84. The monoisotopic (exact) mass is 464 g/mol. The van der Waals surface area contributed by atoms with E-state index in [1.165, 1.54) is 0 Å². The van der Waals surface area contributed by atoms with Crippen LogP contribution >= 0.6 is 0 Å². The van der Waals surface area contributed by atoms with Gasteiger partial charge in [-0.15, -0.1) is 30.3 Å². The zero-order chi connectivity index (χ0) is 24.6. The molecule has 31 heavy (non-hydrogen) atoms. The van der Waals surface area contributed by atoms with Crippen LogP contribution in [0.1, 0.15) is 0 Å². The molecule has 0 spiro atoms. The highest BCUT2D eigenvalue weighted by atomic mass is 17.0. The van der Waals surface area contributed by atoms with Crippen molar-refractivity contribution in [2.75, 3.05) is 26.4 Å². The number of rotatable bonds is 16. The third kappa shape index (κ3) is 6.25. The van der Waals surface area contributed by atoms with Crippen LogP contribution < -0.4 is 0 Å². The molecule has 0 atom stereocenters. The van der Waals surface area contributed by atoms with Crippen molar-refractivity contribution >= 4 is 0 Å². The lowest BCUT2D eigenvalue weighted by Crippen LogP contribution is -2.69. The van der Waals surface area contributed by atoms with E-state index in [2.05, 4.69) is 14.5 Å². The summed E-state index contributed by atoms with van der Waals surface area (Å²) in [7, 11) is 0. The van der Waals surface area contributed by atoms with Crippen molar-refractivity contribution in [1.29, 1.82) is 0 Å². The third-order valence-electron chi connectivity index (χ3n) is 3.30. The minimum atomic E-state index is -4.60. The summed E-state index contributed by atoms with van der Waals surface area (Å²) in [6.07, 6.45) is 0. The maximum Gasteiger partial charge on any atom is 0.723 e. The average molecular weight is 464 g/mol. The van der Waals surface area contributed by atoms with E-state index in [0.717, 1.165) is 0 Å². The number of hydrazine groups is 1. The molecule has 0 aromatic carbocycles. The van der Waals surface area contributed by atoms with Gasteiger partial charge in [-0.1, -0.05) is 5.01 Å². The van der Waals surface area contributed by atoms with E-state index in [4.69, 9.17) is 0 Å². The van der Waals surface area contributed by atoms with Gasteiger partial charge >= 0.3 is 5.79 Å². The van der Waals surface area contributed by atoms with Crippen LogP contribution in [-0.2, 0) is 14.5 Å². The van der Waals surface area contributed by atoms with Crippen LogP contribution in [0.15, 0.2) is 0 Å². The van der Waals surface area contributed by atoms with Gasteiger partial charge in [0.15, 0.2) is 25.3 Å². The standard InChI is InChI=1S/C6H8N8O17/c15-8(16)6(9(17)18,10(19)20)1-7(11(21)22)5(2-29-12(23)24,3-30-13(25)26)4-31-14(27)28/h1-4H2. The quantitative estimate of drug-likeness (QED) is 0.127.